The van der Waals surface area contributed by atoms with Gasteiger partial charge in [0.05, 0.1) is 30.3 Å². The van der Waals surface area contributed by atoms with Gasteiger partial charge in [-0.15, -0.1) is 0 Å². The van der Waals surface area contributed by atoms with Crippen molar-refractivity contribution in [2.24, 2.45) is 0 Å². The van der Waals surface area contributed by atoms with Gasteiger partial charge in [0.25, 0.3) is 0 Å². The summed E-state index contributed by atoms with van der Waals surface area (Å²) >= 11 is 0. The van der Waals surface area contributed by atoms with Crippen molar-refractivity contribution in [1.82, 2.24) is 10.2 Å². The van der Waals surface area contributed by atoms with E-state index in [0.29, 0.717) is 29.1 Å². The Morgan fingerprint density at radius 1 is 0.909 bits per heavy atom. The number of nitrogens with zero attached hydrogens (tertiary/aromatic N) is 1. The Kier molecular flexibility index (Phi) is 8.95. The first-order chi connectivity index (χ1) is 16.0. The smallest absolute Gasteiger partial charge is 0.336 e. The van der Waals surface area contributed by atoms with Gasteiger partial charge in [-0.3, -0.25) is 4.90 Å². The van der Waals surface area contributed by atoms with Gasteiger partial charge in [-0.25, -0.2) is 9.59 Å². The zero-order valence-electron chi connectivity index (χ0n) is 20.2. The number of ether oxygens (including phenoxy) is 3. The van der Waals surface area contributed by atoms with Crippen molar-refractivity contribution < 1.29 is 23.8 Å². The molecule has 2 aliphatic rings. The standard InChI is InChI=1S/C26H36N2O5/c1-5-31-25(29)22-18(3)27-19(4)23(26(30)32-6-2)24(22)20-10-12-21(13-11-20)33-17-16-28-14-8-7-9-15-28/h10-13,24,27H,5-9,14-17H2,1-4H3. The molecule has 0 atom stereocenters. The molecule has 180 valence electrons. The second kappa shape index (κ2) is 11.9. The second-order valence-corrected chi connectivity index (χ2v) is 8.40. The molecule has 33 heavy (non-hydrogen) atoms. The predicted molar refractivity (Wildman–Crippen MR) is 127 cm³/mol. The van der Waals surface area contributed by atoms with E-state index in [4.69, 9.17) is 14.2 Å². The third-order valence-corrected chi connectivity index (χ3v) is 6.09. The Morgan fingerprint density at radius 3 is 1.97 bits per heavy atom. The van der Waals surface area contributed by atoms with Crippen LogP contribution in [-0.2, 0) is 19.1 Å². The van der Waals surface area contributed by atoms with Gasteiger partial charge in [0, 0.05) is 17.9 Å². The molecular weight excluding hydrogens is 420 g/mol. The van der Waals surface area contributed by atoms with Crippen molar-refractivity contribution in [3.63, 3.8) is 0 Å². The summed E-state index contributed by atoms with van der Waals surface area (Å²) in [4.78, 5) is 28.2. The number of carbonyl (C=O) groups is 2. The molecule has 1 aromatic rings. The molecule has 7 nitrogen and oxygen atoms in total. The van der Waals surface area contributed by atoms with E-state index in [-0.39, 0.29) is 13.2 Å². The maximum atomic E-state index is 12.9. The van der Waals surface area contributed by atoms with Gasteiger partial charge >= 0.3 is 11.9 Å². The summed E-state index contributed by atoms with van der Waals surface area (Å²) in [6, 6.07) is 7.60. The van der Waals surface area contributed by atoms with Crippen LogP contribution in [0.1, 0.15) is 58.4 Å². The van der Waals surface area contributed by atoms with Crippen LogP contribution in [0.5, 0.6) is 5.75 Å². The Labute approximate surface area is 196 Å². The number of allylic oxidation sites excluding steroid dienone is 2. The lowest BCUT2D eigenvalue weighted by Crippen LogP contribution is -2.33. The SMILES string of the molecule is CCOC(=O)C1=C(C)NC(C)=C(C(=O)OCC)C1c1ccc(OCCN2CCCCC2)cc1. The zero-order chi connectivity index (χ0) is 23.8. The molecule has 0 spiro atoms. The van der Waals surface area contributed by atoms with E-state index in [1.54, 1.807) is 13.8 Å². The van der Waals surface area contributed by atoms with Crippen LogP contribution in [0.2, 0.25) is 0 Å². The summed E-state index contributed by atoms with van der Waals surface area (Å²) in [6.45, 7) is 11.5. The first-order valence-corrected chi connectivity index (χ1v) is 11.9. The Morgan fingerprint density at radius 2 is 1.45 bits per heavy atom. The average molecular weight is 457 g/mol. The number of hydrogen-bond donors (Lipinski definition) is 1. The maximum Gasteiger partial charge on any atom is 0.336 e. The summed E-state index contributed by atoms with van der Waals surface area (Å²) in [6.07, 6.45) is 3.84. The van der Waals surface area contributed by atoms with Gasteiger partial charge in [0.15, 0.2) is 0 Å². The van der Waals surface area contributed by atoms with Crippen molar-refractivity contribution in [2.75, 3.05) is 39.5 Å². The van der Waals surface area contributed by atoms with Crippen LogP contribution in [0, 0.1) is 0 Å². The fourth-order valence-corrected chi connectivity index (χ4v) is 4.52. The van der Waals surface area contributed by atoms with Gasteiger partial charge in [-0.1, -0.05) is 18.6 Å². The van der Waals surface area contributed by atoms with Gasteiger partial charge in [-0.05, 0) is 71.3 Å². The molecule has 1 fully saturated rings. The number of dihydropyridines is 1. The average Bonchev–Trinajstić information content (AvgIpc) is 2.80. The lowest BCUT2D eigenvalue weighted by Gasteiger charge is -2.30. The number of carbonyl (C=O) groups excluding carboxylic acids is 2. The van der Waals surface area contributed by atoms with E-state index in [1.165, 1.54) is 19.3 Å². The quantitative estimate of drug-likeness (QED) is 0.565. The minimum absolute atomic E-state index is 0.254. The van der Waals surface area contributed by atoms with Gasteiger partial charge in [0.1, 0.15) is 12.4 Å². The van der Waals surface area contributed by atoms with E-state index >= 15 is 0 Å². The highest BCUT2D eigenvalue weighted by Crippen LogP contribution is 2.39. The number of benzene rings is 1. The normalized spacial score (nSPS) is 17.6. The number of esters is 2. The molecule has 0 radical (unpaired) electrons. The topological polar surface area (TPSA) is 77.1 Å². The van der Waals surface area contributed by atoms with Crippen LogP contribution in [0.25, 0.3) is 0 Å². The van der Waals surface area contributed by atoms with Crippen molar-refractivity contribution in [3.8, 4) is 5.75 Å². The summed E-state index contributed by atoms with van der Waals surface area (Å²) in [5.41, 5.74) is 3.00. The van der Waals surface area contributed by atoms with E-state index in [2.05, 4.69) is 10.2 Å². The van der Waals surface area contributed by atoms with Crippen LogP contribution in [-0.4, -0.2) is 56.3 Å². The molecule has 0 amide bonds. The van der Waals surface area contributed by atoms with E-state index in [0.717, 1.165) is 30.9 Å². The summed E-state index contributed by atoms with van der Waals surface area (Å²) in [5, 5.41) is 3.16. The number of hydrogen-bond acceptors (Lipinski definition) is 7. The Balaban J connectivity index is 1.82. The molecule has 7 heteroatoms. The van der Waals surface area contributed by atoms with E-state index in [1.807, 2.05) is 38.1 Å². The van der Waals surface area contributed by atoms with Crippen molar-refractivity contribution in [3.05, 3.63) is 52.4 Å². The first kappa shape index (κ1) is 24.8. The summed E-state index contributed by atoms with van der Waals surface area (Å²) in [7, 11) is 0. The fraction of sp³-hybridized carbons (Fsp3) is 0.538. The van der Waals surface area contributed by atoms with Crippen LogP contribution >= 0.6 is 0 Å². The minimum atomic E-state index is -0.577. The third-order valence-electron chi connectivity index (χ3n) is 6.09. The van der Waals surface area contributed by atoms with Crippen molar-refractivity contribution in [2.45, 2.75) is 52.9 Å². The number of likely N-dealkylation sites (tertiary alicyclic amines) is 1. The van der Waals surface area contributed by atoms with Crippen LogP contribution in [0.4, 0.5) is 0 Å². The third kappa shape index (κ3) is 6.16. The van der Waals surface area contributed by atoms with Crippen molar-refractivity contribution in [1.29, 1.82) is 0 Å². The highest BCUT2D eigenvalue weighted by molar-refractivity contribution is 5.99. The van der Waals surface area contributed by atoms with Gasteiger partial charge < -0.3 is 19.5 Å². The molecule has 0 saturated carbocycles. The monoisotopic (exact) mass is 456 g/mol. The molecule has 2 heterocycles. The molecule has 0 aliphatic carbocycles. The highest BCUT2D eigenvalue weighted by atomic mass is 16.5. The number of nitrogens with one attached hydrogen (secondary N) is 1. The van der Waals surface area contributed by atoms with E-state index in [9.17, 15) is 9.59 Å². The first-order valence-electron chi connectivity index (χ1n) is 11.9. The van der Waals surface area contributed by atoms with Gasteiger partial charge in [0.2, 0.25) is 0 Å². The fourth-order valence-electron chi connectivity index (χ4n) is 4.52. The molecule has 3 rings (SSSR count). The molecular formula is C26H36N2O5. The highest BCUT2D eigenvalue weighted by Gasteiger charge is 2.37. The second-order valence-electron chi connectivity index (χ2n) is 8.40. The molecule has 1 N–H and O–H groups in total. The lowest BCUT2D eigenvalue weighted by molar-refractivity contribution is -0.139. The van der Waals surface area contributed by atoms with Crippen LogP contribution in [0.15, 0.2) is 46.8 Å². The Bertz CT molecular complexity index is 858. The van der Waals surface area contributed by atoms with E-state index < -0.39 is 17.9 Å². The molecule has 0 aromatic heterocycles. The van der Waals surface area contributed by atoms with Crippen LogP contribution in [0.3, 0.4) is 0 Å². The summed E-state index contributed by atoms with van der Waals surface area (Å²) in [5.74, 6) is -0.694. The molecule has 0 bridgehead atoms. The molecule has 2 aliphatic heterocycles. The maximum absolute atomic E-state index is 12.9. The molecule has 1 aromatic carbocycles. The predicted octanol–water partition coefficient (Wildman–Crippen LogP) is 3.91. The number of rotatable bonds is 9. The minimum Gasteiger partial charge on any atom is -0.492 e. The van der Waals surface area contributed by atoms with Gasteiger partial charge in [-0.2, -0.15) is 0 Å². The molecule has 0 unspecified atom stereocenters. The van der Waals surface area contributed by atoms with Crippen LogP contribution < -0.4 is 10.1 Å². The lowest BCUT2D eigenvalue weighted by atomic mass is 9.80. The molecule has 1 saturated heterocycles. The van der Waals surface area contributed by atoms with Crippen molar-refractivity contribution >= 4 is 11.9 Å². The summed E-state index contributed by atoms with van der Waals surface area (Å²) < 4.78 is 16.6. The Hall–Kier alpha value is -2.80. The largest absolute Gasteiger partial charge is 0.492 e. The number of piperidine rings is 1. The zero-order valence-corrected chi connectivity index (χ0v) is 20.2.